The van der Waals surface area contributed by atoms with Crippen molar-refractivity contribution in [3.8, 4) is 23.6 Å². The third-order valence-electron chi connectivity index (χ3n) is 3.36. The van der Waals surface area contributed by atoms with Crippen molar-refractivity contribution in [1.29, 1.82) is 0 Å². The van der Waals surface area contributed by atoms with E-state index in [2.05, 4.69) is 65.1 Å². The van der Waals surface area contributed by atoms with Gasteiger partial charge in [0.15, 0.2) is 0 Å². The number of aryl methyl sites for hydroxylation is 1. The van der Waals surface area contributed by atoms with Crippen LogP contribution in [0.5, 0.6) is 0 Å². The minimum absolute atomic E-state index is 0.749. The summed E-state index contributed by atoms with van der Waals surface area (Å²) in [5.74, 6) is 2.73. The number of terminal acetylenes is 1. The molecule has 1 heterocycles. The number of hydrogen-bond donors (Lipinski definition) is 0. The lowest BCUT2D eigenvalue weighted by atomic mass is 10.1. The Morgan fingerprint density at radius 2 is 1.68 bits per heavy atom. The van der Waals surface area contributed by atoms with Crippen LogP contribution in [0.2, 0.25) is 0 Å². The Bertz CT molecular complexity index is 729. The zero-order valence-corrected chi connectivity index (χ0v) is 10.7. The van der Waals surface area contributed by atoms with E-state index in [1.54, 1.807) is 0 Å². The van der Waals surface area contributed by atoms with Gasteiger partial charge in [-0.3, -0.25) is 0 Å². The van der Waals surface area contributed by atoms with Crippen molar-refractivity contribution < 1.29 is 0 Å². The van der Waals surface area contributed by atoms with E-state index in [1.807, 2.05) is 6.07 Å². The molecule has 1 nitrogen and oxygen atoms in total. The lowest BCUT2D eigenvalue weighted by Crippen LogP contribution is -1.99. The average molecular weight is 245 g/mol. The zero-order valence-electron chi connectivity index (χ0n) is 10.7. The van der Waals surface area contributed by atoms with Crippen LogP contribution in [0.25, 0.3) is 22.2 Å². The Hall–Kier alpha value is -2.46. The molecule has 0 radical (unpaired) electrons. The van der Waals surface area contributed by atoms with Gasteiger partial charge in [-0.25, -0.2) is 0 Å². The van der Waals surface area contributed by atoms with Crippen LogP contribution in [0, 0.1) is 12.3 Å². The van der Waals surface area contributed by atoms with Crippen LogP contribution in [0.3, 0.4) is 0 Å². The van der Waals surface area contributed by atoms with Gasteiger partial charge in [0, 0.05) is 29.6 Å². The molecule has 0 atom stereocenters. The fraction of sp³-hybridized carbons (Fsp3) is 0.111. The van der Waals surface area contributed by atoms with Gasteiger partial charge < -0.3 is 4.57 Å². The summed E-state index contributed by atoms with van der Waals surface area (Å²) in [5.41, 5.74) is 3.71. The Labute approximate surface area is 113 Å². The summed E-state index contributed by atoms with van der Waals surface area (Å²) in [7, 11) is 0. The molecule has 0 aliphatic carbocycles. The van der Waals surface area contributed by atoms with Crippen LogP contribution in [-0.2, 0) is 6.54 Å². The lowest BCUT2D eigenvalue weighted by Gasteiger charge is -2.09. The van der Waals surface area contributed by atoms with Gasteiger partial charge in [0.25, 0.3) is 0 Å². The fourth-order valence-corrected chi connectivity index (χ4v) is 2.48. The maximum Gasteiger partial charge on any atom is 0.0491 e. The highest BCUT2D eigenvalue weighted by Crippen LogP contribution is 2.28. The quantitative estimate of drug-likeness (QED) is 0.605. The summed E-state index contributed by atoms with van der Waals surface area (Å²) >= 11 is 0. The lowest BCUT2D eigenvalue weighted by molar-refractivity contribution is 0.756. The van der Waals surface area contributed by atoms with E-state index in [1.165, 1.54) is 22.2 Å². The molecule has 0 amide bonds. The molecule has 0 spiro atoms. The Morgan fingerprint density at radius 1 is 0.947 bits per heavy atom. The molecule has 3 aromatic rings. The molecule has 0 unspecified atom stereocenters. The Balaban J connectivity index is 2.20. The third kappa shape index (κ3) is 2.13. The van der Waals surface area contributed by atoms with E-state index in [9.17, 15) is 0 Å². The smallest absolute Gasteiger partial charge is 0.0491 e. The van der Waals surface area contributed by atoms with Gasteiger partial charge in [0.05, 0.1) is 0 Å². The molecule has 0 aliphatic heterocycles. The van der Waals surface area contributed by atoms with Crippen molar-refractivity contribution in [1.82, 2.24) is 4.57 Å². The van der Waals surface area contributed by atoms with Crippen molar-refractivity contribution in [2.75, 3.05) is 0 Å². The van der Waals surface area contributed by atoms with E-state index in [-0.39, 0.29) is 0 Å². The summed E-state index contributed by atoms with van der Waals surface area (Å²) in [4.78, 5) is 0. The van der Waals surface area contributed by atoms with Gasteiger partial charge in [-0.2, -0.15) is 0 Å². The zero-order chi connectivity index (χ0) is 13.1. The average Bonchev–Trinajstić information content (AvgIpc) is 2.85. The molecular formula is C18H15N. The van der Waals surface area contributed by atoms with Gasteiger partial charge in [0.1, 0.15) is 0 Å². The second-order valence-corrected chi connectivity index (χ2v) is 4.56. The number of hydrogen-bond acceptors (Lipinski definition) is 0. The van der Waals surface area contributed by atoms with Gasteiger partial charge >= 0.3 is 0 Å². The van der Waals surface area contributed by atoms with Gasteiger partial charge in [0.2, 0.25) is 0 Å². The predicted octanol–water partition coefficient (Wildman–Crippen LogP) is 4.33. The highest BCUT2D eigenvalue weighted by Gasteiger charge is 2.09. The van der Waals surface area contributed by atoms with Crippen molar-refractivity contribution in [3.63, 3.8) is 0 Å². The second kappa shape index (κ2) is 5.04. The first-order chi connectivity index (χ1) is 9.40. The SMILES string of the molecule is C#CCCn1c(-c2ccccc2)cc2ccccc21. The highest BCUT2D eigenvalue weighted by atomic mass is 15.0. The molecule has 19 heavy (non-hydrogen) atoms. The third-order valence-corrected chi connectivity index (χ3v) is 3.36. The van der Waals surface area contributed by atoms with E-state index < -0.39 is 0 Å². The number of aromatic nitrogens is 1. The summed E-state index contributed by atoms with van der Waals surface area (Å²) in [6, 6.07) is 21.1. The Morgan fingerprint density at radius 3 is 2.47 bits per heavy atom. The number of benzene rings is 2. The molecule has 0 N–H and O–H groups in total. The highest BCUT2D eigenvalue weighted by molar-refractivity contribution is 5.87. The van der Waals surface area contributed by atoms with Crippen LogP contribution >= 0.6 is 0 Å². The van der Waals surface area contributed by atoms with Crippen molar-refractivity contribution in [3.05, 3.63) is 60.7 Å². The van der Waals surface area contributed by atoms with Crippen molar-refractivity contribution in [2.24, 2.45) is 0 Å². The predicted molar refractivity (Wildman–Crippen MR) is 80.8 cm³/mol. The number of rotatable bonds is 3. The summed E-state index contributed by atoms with van der Waals surface area (Å²) in [6.07, 6.45) is 6.16. The second-order valence-electron chi connectivity index (χ2n) is 4.56. The van der Waals surface area contributed by atoms with E-state index in [4.69, 9.17) is 6.42 Å². The molecule has 0 fully saturated rings. The molecule has 0 bridgehead atoms. The van der Waals surface area contributed by atoms with Crippen molar-refractivity contribution in [2.45, 2.75) is 13.0 Å². The minimum Gasteiger partial charge on any atom is -0.340 e. The van der Waals surface area contributed by atoms with Gasteiger partial charge in [-0.1, -0.05) is 48.5 Å². The van der Waals surface area contributed by atoms with Crippen LogP contribution in [0.15, 0.2) is 60.7 Å². The fourth-order valence-electron chi connectivity index (χ4n) is 2.48. The molecule has 92 valence electrons. The summed E-state index contributed by atoms with van der Waals surface area (Å²) in [6.45, 7) is 0.855. The standard InChI is InChI=1S/C18H15N/c1-2-3-13-19-17-12-8-7-11-16(17)14-18(19)15-9-5-4-6-10-15/h1,4-12,14H,3,13H2. The molecule has 3 rings (SSSR count). The molecule has 0 saturated carbocycles. The topological polar surface area (TPSA) is 4.93 Å². The first kappa shape index (κ1) is 11.6. The largest absolute Gasteiger partial charge is 0.340 e. The van der Waals surface area contributed by atoms with Crippen LogP contribution in [0.4, 0.5) is 0 Å². The monoisotopic (exact) mass is 245 g/mol. The van der Waals surface area contributed by atoms with E-state index >= 15 is 0 Å². The summed E-state index contributed by atoms with van der Waals surface area (Å²) < 4.78 is 2.31. The maximum atomic E-state index is 5.41. The van der Waals surface area contributed by atoms with Gasteiger partial charge in [-0.05, 0) is 17.7 Å². The number of nitrogens with zero attached hydrogens (tertiary/aromatic N) is 1. The van der Waals surface area contributed by atoms with Crippen molar-refractivity contribution >= 4 is 10.9 Å². The normalized spacial score (nSPS) is 10.5. The maximum absolute atomic E-state index is 5.41. The molecule has 0 aliphatic rings. The molecule has 0 saturated heterocycles. The molecule has 1 heteroatoms. The van der Waals surface area contributed by atoms with Crippen LogP contribution in [0.1, 0.15) is 6.42 Å². The minimum atomic E-state index is 0.749. The number of fused-ring (bicyclic) bond motifs is 1. The summed E-state index contributed by atoms with van der Waals surface area (Å²) in [5, 5.41) is 1.26. The van der Waals surface area contributed by atoms with Gasteiger partial charge in [-0.15, -0.1) is 12.3 Å². The molecule has 2 aromatic carbocycles. The van der Waals surface area contributed by atoms with Crippen LogP contribution < -0.4 is 0 Å². The van der Waals surface area contributed by atoms with E-state index in [0.29, 0.717) is 0 Å². The molecule has 1 aromatic heterocycles. The first-order valence-electron chi connectivity index (χ1n) is 6.47. The van der Waals surface area contributed by atoms with Crippen LogP contribution in [-0.4, -0.2) is 4.57 Å². The molecular weight excluding hydrogens is 230 g/mol. The Kier molecular flexibility index (Phi) is 3.08. The first-order valence-corrected chi connectivity index (χ1v) is 6.47. The van der Waals surface area contributed by atoms with E-state index in [0.717, 1.165) is 13.0 Å². The number of para-hydroxylation sites is 1.